The lowest BCUT2D eigenvalue weighted by Gasteiger charge is -2.34. The maximum absolute atomic E-state index is 12.8. The van der Waals surface area contributed by atoms with E-state index in [-0.39, 0.29) is 5.91 Å². The fourth-order valence-corrected chi connectivity index (χ4v) is 3.46. The van der Waals surface area contributed by atoms with Crippen LogP contribution in [0.1, 0.15) is 10.5 Å². The van der Waals surface area contributed by atoms with Crippen molar-refractivity contribution in [1.29, 1.82) is 0 Å². The van der Waals surface area contributed by atoms with Crippen LogP contribution in [0.3, 0.4) is 0 Å². The highest BCUT2D eigenvalue weighted by Crippen LogP contribution is 2.21. The maximum atomic E-state index is 12.8. The zero-order valence-electron chi connectivity index (χ0n) is 16.0. The summed E-state index contributed by atoms with van der Waals surface area (Å²) in [7, 11) is 1.64. The molecule has 0 unspecified atom stereocenters. The number of aromatic amines is 1. The molecule has 1 saturated heterocycles. The number of amides is 1. The highest BCUT2D eigenvalue weighted by Gasteiger charge is 2.23. The first-order valence-corrected chi connectivity index (χ1v) is 9.55. The second kappa shape index (κ2) is 8.31. The van der Waals surface area contributed by atoms with Gasteiger partial charge in [0.25, 0.3) is 5.91 Å². The van der Waals surface area contributed by atoms with Crippen molar-refractivity contribution in [3.63, 3.8) is 0 Å². The minimum Gasteiger partial charge on any atom is -0.497 e. The number of aromatic nitrogens is 3. The largest absolute Gasteiger partial charge is 0.497 e. The van der Waals surface area contributed by atoms with Crippen molar-refractivity contribution in [3.05, 3.63) is 60.6 Å². The average Bonchev–Trinajstić information content (AvgIpc) is 3.44. The van der Waals surface area contributed by atoms with Crippen LogP contribution in [0.5, 0.6) is 5.75 Å². The number of carbonyl (C=O) groups is 1. The molecule has 1 fully saturated rings. The number of H-pyrrole nitrogens is 1. The van der Waals surface area contributed by atoms with E-state index in [1.165, 1.54) is 0 Å². The second-order valence-electron chi connectivity index (χ2n) is 6.95. The summed E-state index contributed by atoms with van der Waals surface area (Å²) in [4.78, 5) is 17.1. The highest BCUT2D eigenvalue weighted by molar-refractivity contribution is 5.93. The summed E-state index contributed by atoms with van der Waals surface area (Å²) in [6, 6.07) is 13.6. The molecule has 0 radical (unpaired) electrons. The normalized spacial score (nSPS) is 15.0. The molecule has 7 heteroatoms. The maximum Gasteiger partial charge on any atom is 0.271 e. The topological polar surface area (TPSA) is 66.4 Å². The molecular weight excluding hydrogens is 354 g/mol. The van der Waals surface area contributed by atoms with Gasteiger partial charge in [0, 0.05) is 57.2 Å². The van der Waals surface area contributed by atoms with Gasteiger partial charge in [-0.15, -0.1) is 0 Å². The van der Waals surface area contributed by atoms with E-state index in [1.807, 2.05) is 47.4 Å². The molecule has 2 aromatic heterocycles. The molecule has 1 N–H and O–H groups in total. The van der Waals surface area contributed by atoms with Crippen molar-refractivity contribution in [1.82, 2.24) is 24.6 Å². The summed E-state index contributed by atoms with van der Waals surface area (Å²) < 4.78 is 7.36. The van der Waals surface area contributed by atoms with E-state index in [0.29, 0.717) is 5.69 Å². The second-order valence-corrected chi connectivity index (χ2v) is 6.95. The zero-order chi connectivity index (χ0) is 19.3. The zero-order valence-corrected chi connectivity index (χ0v) is 16.0. The third kappa shape index (κ3) is 4.09. The van der Waals surface area contributed by atoms with Crippen LogP contribution in [0.4, 0.5) is 0 Å². The third-order valence-electron chi connectivity index (χ3n) is 5.19. The number of rotatable bonds is 6. The number of methoxy groups -OCH3 is 1. The Morgan fingerprint density at radius 2 is 1.79 bits per heavy atom. The standard InChI is InChI=1S/C21H25N5O2/c1-28-18-6-4-17(5-7-18)19-16-20(23-22-19)21(27)26-14-12-25(13-15-26)11-10-24-8-2-3-9-24/h2-9,16H,10-15H2,1H3,(H,22,23). The van der Waals surface area contributed by atoms with Gasteiger partial charge in [0.15, 0.2) is 0 Å². The fraction of sp³-hybridized carbons (Fsp3) is 0.333. The lowest BCUT2D eigenvalue weighted by Crippen LogP contribution is -2.49. The number of nitrogens with one attached hydrogen (secondary N) is 1. The summed E-state index contributed by atoms with van der Waals surface area (Å²) in [5.41, 5.74) is 2.24. The number of hydrogen-bond acceptors (Lipinski definition) is 4. The smallest absolute Gasteiger partial charge is 0.271 e. The number of benzene rings is 1. The molecule has 0 saturated carbocycles. The molecule has 4 rings (SSSR count). The van der Waals surface area contributed by atoms with Gasteiger partial charge in [-0.05, 0) is 42.5 Å². The van der Waals surface area contributed by atoms with Gasteiger partial charge in [0.05, 0.1) is 12.8 Å². The van der Waals surface area contributed by atoms with E-state index in [1.54, 1.807) is 7.11 Å². The van der Waals surface area contributed by atoms with Crippen LogP contribution >= 0.6 is 0 Å². The Bertz CT molecular complexity index is 893. The third-order valence-corrected chi connectivity index (χ3v) is 5.19. The molecule has 1 aliphatic heterocycles. The van der Waals surface area contributed by atoms with Gasteiger partial charge in [0.2, 0.25) is 0 Å². The summed E-state index contributed by atoms with van der Waals surface area (Å²) >= 11 is 0. The summed E-state index contributed by atoms with van der Waals surface area (Å²) in [6.45, 7) is 5.25. The molecule has 28 heavy (non-hydrogen) atoms. The molecule has 1 amide bonds. The quantitative estimate of drug-likeness (QED) is 0.714. The Kier molecular flexibility index (Phi) is 5.43. The molecule has 1 aliphatic rings. The lowest BCUT2D eigenvalue weighted by atomic mass is 10.1. The Balaban J connectivity index is 1.32. The van der Waals surface area contributed by atoms with Gasteiger partial charge in [-0.25, -0.2) is 0 Å². The molecule has 0 aliphatic carbocycles. The average molecular weight is 379 g/mol. The minimum atomic E-state index is 0.0114. The molecule has 0 bridgehead atoms. The van der Waals surface area contributed by atoms with Crippen molar-refractivity contribution < 1.29 is 9.53 Å². The van der Waals surface area contributed by atoms with E-state index < -0.39 is 0 Å². The van der Waals surface area contributed by atoms with Crippen LogP contribution in [0.2, 0.25) is 0 Å². The fourth-order valence-electron chi connectivity index (χ4n) is 3.46. The van der Waals surface area contributed by atoms with Crippen molar-refractivity contribution in [2.45, 2.75) is 6.54 Å². The van der Waals surface area contributed by atoms with E-state index in [2.05, 4.69) is 32.1 Å². The van der Waals surface area contributed by atoms with E-state index in [9.17, 15) is 4.79 Å². The predicted octanol–water partition coefficient (Wildman–Crippen LogP) is 2.34. The first kappa shape index (κ1) is 18.3. The van der Waals surface area contributed by atoms with Gasteiger partial charge in [-0.3, -0.25) is 14.8 Å². The van der Waals surface area contributed by atoms with Crippen LogP contribution in [-0.2, 0) is 6.54 Å². The molecule has 3 aromatic rings. The number of hydrogen-bond donors (Lipinski definition) is 1. The Morgan fingerprint density at radius 3 is 2.46 bits per heavy atom. The molecule has 7 nitrogen and oxygen atoms in total. The SMILES string of the molecule is COc1ccc(-c2cc(C(=O)N3CCN(CCn4cccc4)CC3)[nH]n2)cc1. The van der Waals surface area contributed by atoms with E-state index in [0.717, 1.165) is 56.3 Å². The Hall–Kier alpha value is -3.06. The van der Waals surface area contributed by atoms with Crippen LogP contribution in [0.25, 0.3) is 11.3 Å². The van der Waals surface area contributed by atoms with E-state index >= 15 is 0 Å². The van der Waals surface area contributed by atoms with Crippen LogP contribution < -0.4 is 4.74 Å². The van der Waals surface area contributed by atoms with Crippen molar-refractivity contribution in [2.75, 3.05) is 39.8 Å². The van der Waals surface area contributed by atoms with Crippen molar-refractivity contribution in [3.8, 4) is 17.0 Å². The number of carbonyl (C=O) groups excluding carboxylic acids is 1. The first-order chi connectivity index (χ1) is 13.7. The van der Waals surface area contributed by atoms with Crippen LogP contribution in [0, 0.1) is 0 Å². The monoisotopic (exact) mass is 379 g/mol. The highest BCUT2D eigenvalue weighted by atomic mass is 16.5. The molecule has 3 heterocycles. The van der Waals surface area contributed by atoms with Gasteiger partial charge in [-0.2, -0.15) is 5.10 Å². The first-order valence-electron chi connectivity index (χ1n) is 9.55. The molecule has 0 atom stereocenters. The summed E-state index contributed by atoms with van der Waals surface area (Å²) in [6.07, 6.45) is 4.16. The summed E-state index contributed by atoms with van der Waals surface area (Å²) in [5, 5.41) is 7.20. The van der Waals surface area contributed by atoms with Crippen LogP contribution in [-0.4, -0.2) is 70.3 Å². The predicted molar refractivity (Wildman–Crippen MR) is 107 cm³/mol. The minimum absolute atomic E-state index is 0.0114. The van der Waals surface area contributed by atoms with E-state index in [4.69, 9.17) is 4.74 Å². The molecule has 146 valence electrons. The van der Waals surface area contributed by atoms with Crippen molar-refractivity contribution >= 4 is 5.91 Å². The van der Waals surface area contributed by atoms with Crippen LogP contribution in [0.15, 0.2) is 54.9 Å². The van der Waals surface area contributed by atoms with Gasteiger partial charge in [0.1, 0.15) is 11.4 Å². The molecular formula is C21H25N5O2. The number of piperazine rings is 1. The van der Waals surface area contributed by atoms with Crippen molar-refractivity contribution in [2.24, 2.45) is 0 Å². The number of nitrogens with zero attached hydrogens (tertiary/aromatic N) is 4. The Labute approximate surface area is 164 Å². The lowest BCUT2D eigenvalue weighted by molar-refractivity contribution is 0.0627. The molecule has 1 aromatic carbocycles. The van der Waals surface area contributed by atoms with Gasteiger partial charge in [-0.1, -0.05) is 0 Å². The molecule has 0 spiro atoms. The summed E-state index contributed by atoms with van der Waals surface area (Å²) in [5.74, 6) is 0.808. The Morgan fingerprint density at radius 1 is 1.07 bits per heavy atom. The van der Waals surface area contributed by atoms with Gasteiger partial charge < -0.3 is 14.2 Å². The number of ether oxygens (including phenoxy) is 1. The van der Waals surface area contributed by atoms with Gasteiger partial charge >= 0.3 is 0 Å².